The summed E-state index contributed by atoms with van der Waals surface area (Å²) in [5.41, 5.74) is 4.47. The van der Waals surface area contributed by atoms with Gasteiger partial charge in [-0.25, -0.2) is 4.98 Å². The average molecular weight is 275 g/mol. The second kappa shape index (κ2) is 5.63. The van der Waals surface area contributed by atoms with Crippen LogP contribution in [0.3, 0.4) is 0 Å². The summed E-state index contributed by atoms with van der Waals surface area (Å²) in [5.74, 6) is 0. The molecule has 0 radical (unpaired) electrons. The molecule has 0 aliphatic rings. The Morgan fingerprint density at radius 3 is 2.29 bits per heavy atom. The van der Waals surface area contributed by atoms with E-state index in [0.717, 1.165) is 23.2 Å². The Balaban J connectivity index is 2.16. The highest BCUT2D eigenvalue weighted by Crippen LogP contribution is 2.22. The molecule has 3 rings (SSSR count). The Labute approximate surface area is 122 Å². The standard InChI is InChI=1S/C17H13N3O/c1-12-5-7-19-15(8-12)17-10-13(11-21)9-16(20-17)14-4-2-3-6-18-14/h2-11H,1H3. The van der Waals surface area contributed by atoms with Crippen LogP contribution in [0.25, 0.3) is 22.8 Å². The lowest BCUT2D eigenvalue weighted by atomic mass is 10.1. The van der Waals surface area contributed by atoms with E-state index in [1.807, 2.05) is 37.3 Å². The van der Waals surface area contributed by atoms with Crippen molar-refractivity contribution in [2.45, 2.75) is 6.92 Å². The second-order valence-corrected chi connectivity index (χ2v) is 4.72. The summed E-state index contributed by atoms with van der Waals surface area (Å²) in [7, 11) is 0. The summed E-state index contributed by atoms with van der Waals surface area (Å²) < 4.78 is 0. The molecule has 0 amide bonds. The van der Waals surface area contributed by atoms with Crippen LogP contribution in [-0.4, -0.2) is 21.2 Å². The van der Waals surface area contributed by atoms with Gasteiger partial charge in [0.15, 0.2) is 0 Å². The second-order valence-electron chi connectivity index (χ2n) is 4.72. The van der Waals surface area contributed by atoms with E-state index in [1.165, 1.54) is 0 Å². The molecule has 0 fully saturated rings. The van der Waals surface area contributed by atoms with Crippen LogP contribution in [0.4, 0.5) is 0 Å². The molecule has 0 bridgehead atoms. The van der Waals surface area contributed by atoms with Gasteiger partial charge in [-0.3, -0.25) is 14.8 Å². The molecule has 21 heavy (non-hydrogen) atoms. The summed E-state index contributed by atoms with van der Waals surface area (Å²) >= 11 is 0. The van der Waals surface area contributed by atoms with Crippen LogP contribution in [-0.2, 0) is 0 Å². The summed E-state index contributed by atoms with van der Waals surface area (Å²) in [6, 6.07) is 12.9. The largest absolute Gasteiger partial charge is 0.298 e. The third kappa shape index (κ3) is 2.84. The molecule has 0 unspecified atom stereocenters. The molecule has 0 aliphatic heterocycles. The lowest BCUT2D eigenvalue weighted by Crippen LogP contribution is -1.95. The van der Waals surface area contributed by atoms with Gasteiger partial charge in [-0.2, -0.15) is 0 Å². The van der Waals surface area contributed by atoms with Gasteiger partial charge >= 0.3 is 0 Å². The zero-order valence-electron chi connectivity index (χ0n) is 11.5. The van der Waals surface area contributed by atoms with E-state index in [2.05, 4.69) is 15.0 Å². The Morgan fingerprint density at radius 2 is 1.62 bits per heavy atom. The number of hydrogen-bond donors (Lipinski definition) is 0. The summed E-state index contributed by atoms with van der Waals surface area (Å²) in [6.07, 6.45) is 4.25. The van der Waals surface area contributed by atoms with E-state index >= 15 is 0 Å². The van der Waals surface area contributed by atoms with E-state index in [0.29, 0.717) is 17.0 Å². The maximum absolute atomic E-state index is 11.2. The Morgan fingerprint density at radius 1 is 0.857 bits per heavy atom. The fraction of sp³-hybridized carbons (Fsp3) is 0.0588. The van der Waals surface area contributed by atoms with E-state index in [9.17, 15) is 4.79 Å². The molecule has 0 N–H and O–H groups in total. The molecule has 3 aromatic heterocycles. The Kier molecular flexibility index (Phi) is 3.51. The van der Waals surface area contributed by atoms with Crippen molar-refractivity contribution in [3.63, 3.8) is 0 Å². The van der Waals surface area contributed by atoms with Crippen LogP contribution >= 0.6 is 0 Å². The van der Waals surface area contributed by atoms with Crippen LogP contribution in [0, 0.1) is 6.92 Å². The van der Waals surface area contributed by atoms with Crippen LogP contribution in [0.15, 0.2) is 54.9 Å². The van der Waals surface area contributed by atoms with Gasteiger partial charge < -0.3 is 0 Å². The third-order valence-corrected chi connectivity index (χ3v) is 3.09. The molecular formula is C17H13N3O. The fourth-order valence-electron chi connectivity index (χ4n) is 2.07. The van der Waals surface area contributed by atoms with Crippen molar-refractivity contribution in [3.8, 4) is 22.8 Å². The quantitative estimate of drug-likeness (QED) is 0.688. The highest BCUT2D eigenvalue weighted by molar-refractivity contribution is 5.80. The predicted molar refractivity (Wildman–Crippen MR) is 80.8 cm³/mol. The number of pyridine rings is 3. The number of nitrogens with zero attached hydrogens (tertiary/aromatic N) is 3. The van der Waals surface area contributed by atoms with Crippen LogP contribution < -0.4 is 0 Å². The first-order chi connectivity index (χ1) is 10.3. The highest BCUT2D eigenvalue weighted by Gasteiger charge is 2.08. The van der Waals surface area contributed by atoms with Crippen LogP contribution in [0.1, 0.15) is 15.9 Å². The number of hydrogen-bond acceptors (Lipinski definition) is 4. The first kappa shape index (κ1) is 13.1. The topological polar surface area (TPSA) is 55.7 Å². The van der Waals surface area contributed by atoms with Crippen molar-refractivity contribution in [2.75, 3.05) is 0 Å². The Bertz CT molecular complexity index is 785. The monoisotopic (exact) mass is 275 g/mol. The molecule has 3 heterocycles. The lowest BCUT2D eigenvalue weighted by molar-refractivity contribution is 0.112. The third-order valence-electron chi connectivity index (χ3n) is 3.09. The molecule has 0 saturated carbocycles. The van der Waals surface area contributed by atoms with Crippen molar-refractivity contribution in [1.29, 1.82) is 0 Å². The van der Waals surface area contributed by atoms with E-state index in [4.69, 9.17) is 0 Å². The first-order valence-electron chi connectivity index (χ1n) is 6.58. The van der Waals surface area contributed by atoms with Gasteiger partial charge in [-0.1, -0.05) is 6.07 Å². The molecule has 3 aromatic rings. The maximum Gasteiger partial charge on any atom is 0.150 e. The molecule has 102 valence electrons. The fourth-order valence-corrected chi connectivity index (χ4v) is 2.07. The zero-order valence-corrected chi connectivity index (χ0v) is 11.5. The molecule has 4 nitrogen and oxygen atoms in total. The van der Waals surface area contributed by atoms with Gasteiger partial charge in [0.2, 0.25) is 0 Å². The Hall–Kier alpha value is -2.88. The van der Waals surface area contributed by atoms with Crippen LogP contribution in [0.5, 0.6) is 0 Å². The summed E-state index contributed by atoms with van der Waals surface area (Å²) in [5, 5.41) is 0. The molecule has 0 aromatic carbocycles. The molecular weight excluding hydrogens is 262 g/mol. The van der Waals surface area contributed by atoms with Gasteiger partial charge in [0.1, 0.15) is 6.29 Å². The van der Waals surface area contributed by atoms with Crippen LogP contribution in [0.2, 0.25) is 0 Å². The van der Waals surface area contributed by atoms with Crippen molar-refractivity contribution in [1.82, 2.24) is 15.0 Å². The number of carbonyl (C=O) groups excluding carboxylic acids is 1. The average Bonchev–Trinajstić information content (AvgIpc) is 2.55. The van der Waals surface area contributed by atoms with E-state index in [-0.39, 0.29) is 0 Å². The first-order valence-corrected chi connectivity index (χ1v) is 6.58. The zero-order chi connectivity index (χ0) is 14.7. The minimum Gasteiger partial charge on any atom is -0.298 e. The predicted octanol–water partition coefficient (Wildman–Crippen LogP) is 3.33. The number of rotatable bonds is 3. The number of aromatic nitrogens is 3. The van der Waals surface area contributed by atoms with E-state index in [1.54, 1.807) is 24.5 Å². The minimum atomic E-state index is 0.559. The molecule has 0 aliphatic carbocycles. The number of aryl methyl sites for hydroxylation is 1. The van der Waals surface area contributed by atoms with E-state index < -0.39 is 0 Å². The maximum atomic E-state index is 11.2. The molecule has 0 spiro atoms. The van der Waals surface area contributed by atoms with Gasteiger partial charge in [0.25, 0.3) is 0 Å². The number of aldehydes is 1. The summed E-state index contributed by atoms with van der Waals surface area (Å²) in [4.78, 5) is 24.4. The van der Waals surface area contributed by atoms with Crippen molar-refractivity contribution >= 4 is 6.29 Å². The smallest absolute Gasteiger partial charge is 0.150 e. The van der Waals surface area contributed by atoms with Gasteiger partial charge in [0, 0.05) is 18.0 Å². The molecule has 4 heteroatoms. The van der Waals surface area contributed by atoms with Crippen molar-refractivity contribution in [2.24, 2.45) is 0 Å². The van der Waals surface area contributed by atoms with Crippen molar-refractivity contribution in [3.05, 3.63) is 66.0 Å². The lowest BCUT2D eigenvalue weighted by Gasteiger charge is -2.06. The highest BCUT2D eigenvalue weighted by atomic mass is 16.1. The normalized spacial score (nSPS) is 10.3. The summed E-state index contributed by atoms with van der Waals surface area (Å²) in [6.45, 7) is 1.99. The molecule has 0 atom stereocenters. The molecule has 0 saturated heterocycles. The SMILES string of the molecule is Cc1ccnc(-c2cc(C=O)cc(-c3ccccn3)n2)c1. The van der Waals surface area contributed by atoms with Gasteiger partial charge in [0.05, 0.1) is 22.8 Å². The van der Waals surface area contributed by atoms with Gasteiger partial charge in [-0.15, -0.1) is 0 Å². The minimum absolute atomic E-state index is 0.559. The van der Waals surface area contributed by atoms with Crippen molar-refractivity contribution < 1.29 is 4.79 Å². The van der Waals surface area contributed by atoms with Gasteiger partial charge in [-0.05, 0) is 48.9 Å². The number of carbonyl (C=O) groups is 1.